The van der Waals surface area contributed by atoms with Gasteiger partial charge in [-0.1, -0.05) is 26.7 Å². The first-order valence-corrected chi connectivity index (χ1v) is 7.84. The zero-order chi connectivity index (χ0) is 12.1. The van der Waals surface area contributed by atoms with Crippen LogP contribution >= 0.6 is 0 Å². The summed E-state index contributed by atoms with van der Waals surface area (Å²) >= 11 is 0. The van der Waals surface area contributed by atoms with Gasteiger partial charge in [-0.05, 0) is 45.1 Å². The van der Waals surface area contributed by atoms with Crippen LogP contribution in [0.1, 0.15) is 65.2 Å². The van der Waals surface area contributed by atoms with E-state index in [1.54, 1.807) is 0 Å². The predicted octanol–water partition coefficient (Wildman–Crippen LogP) is 3.17. The minimum atomic E-state index is 0.784. The third kappa shape index (κ3) is 3.96. The molecule has 0 aromatic rings. The molecule has 1 aliphatic carbocycles. The van der Waals surface area contributed by atoms with Crippen LogP contribution in [0.3, 0.4) is 0 Å². The number of unbranched alkanes of at least 4 members (excludes halogenated alkanes) is 1. The average Bonchev–Trinajstić information content (AvgIpc) is 3.06. The molecule has 0 radical (unpaired) electrons. The number of nitrogens with zero attached hydrogens (tertiary/aromatic N) is 1. The summed E-state index contributed by atoms with van der Waals surface area (Å²) in [4.78, 5) is 2.85. The Kier molecular flexibility index (Phi) is 5.30. The highest BCUT2D eigenvalue weighted by Gasteiger charge is 2.34. The molecule has 0 amide bonds. The summed E-state index contributed by atoms with van der Waals surface area (Å²) in [5, 5.41) is 3.66. The van der Waals surface area contributed by atoms with Gasteiger partial charge in [0.15, 0.2) is 0 Å². The first-order valence-electron chi connectivity index (χ1n) is 7.84. The van der Waals surface area contributed by atoms with Crippen molar-refractivity contribution in [2.24, 2.45) is 0 Å². The highest BCUT2D eigenvalue weighted by Crippen LogP contribution is 2.31. The lowest BCUT2D eigenvalue weighted by atomic mass is 10.0. The fourth-order valence-corrected chi connectivity index (χ4v) is 3.21. The number of hydrogen-bond acceptors (Lipinski definition) is 2. The molecule has 2 nitrogen and oxygen atoms in total. The van der Waals surface area contributed by atoms with Gasteiger partial charge in [0, 0.05) is 24.7 Å². The van der Waals surface area contributed by atoms with Crippen LogP contribution in [0.2, 0.25) is 0 Å². The topological polar surface area (TPSA) is 15.3 Å². The average molecular weight is 238 g/mol. The van der Waals surface area contributed by atoms with Crippen molar-refractivity contribution in [1.82, 2.24) is 10.2 Å². The van der Waals surface area contributed by atoms with Crippen molar-refractivity contribution >= 4 is 0 Å². The largest absolute Gasteiger partial charge is 0.313 e. The molecule has 17 heavy (non-hydrogen) atoms. The maximum absolute atomic E-state index is 3.66. The molecule has 2 rings (SSSR count). The zero-order valence-corrected chi connectivity index (χ0v) is 11.8. The second-order valence-corrected chi connectivity index (χ2v) is 5.93. The van der Waals surface area contributed by atoms with Crippen LogP contribution < -0.4 is 5.32 Å². The first-order chi connectivity index (χ1) is 8.35. The molecule has 2 atom stereocenters. The third-order valence-corrected chi connectivity index (χ3v) is 4.44. The standard InChI is InChI=1S/C15H30N2/c1-3-5-8-14(4-2)17(15-9-10-15)12-13-7-6-11-16-13/h13-16H,3-12H2,1-2H3. The molecule has 1 N–H and O–H groups in total. The van der Waals surface area contributed by atoms with E-state index in [0.29, 0.717) is 0 Å². The van der Waals surface area contributed by atoms with E-state index in [1.165, 1.54) is 64.5 Å². The molecule has 1 aliphatic heterocycles. The number of nitrogens with one attached hydrogen (secondary N) is 1. The molecule has 1 heterocycles. The van der Waals surface area contributed by atoms with E-state index >= 15 is 0 Å². The van der Waals surface area contributed by atoms with Gasteiger partial charge in [0.2, 0.25) is 0 Å². The molecule has 0 spiro atoms. The van der Waals surface area contributed by atoms with Crippen LogP contribution in [-0.4, -0.2) is 36.1 Å². The molecule has 1 saturated carbocycles. The predicted molar refractivity (Wildman–Crippen MR) is 74.4 cm³/mol. The van der Waals surface area contributed by atoms with Crippen molar-refractivity contribution in [2.75, 3.05) is 13.1 Å². The molecule has 0 aromatic carbocycles. The van der Waals surface area contributed by atoms with Crippen LogP contribution in [-0.2, 0) is 0 Å². The minimum absolute atomic E-state index is 0.784. The Morgan fingerprint density at radius 3 is 2.59 bits per heavy atom. The molecule has 100 valence electrons. The van der Waals surface area contributed by atoms with Crippen molar-refractivity contribution in [3.05, 3.63) is 0 Å². The molecule has 1 saturated heterocycles. The lowest BCUT2D eigenvalue weighted by Gasteiger charge is -2.33. The molecule has 0 bridgehead atoms. The van der Waals surface area contributed by atoms with Gasteiger partial charge in [-0.2, -0.15) is 0 Å². The second-order valence-electron chi connectivity index (χ2n) is 5.93. The van der Waals surface area contributed by atoms with E-state index in [9.17, 15) is 0 Å². The van der Waals surface area contributed by atoms with Gasteiger partial charge in [-0.15, -0.1) is 0 Å². The van der Waals surface area contributed by atoms with Gasteiger partial charge in [0.05, 0.1) is 0 Å². The Morgan fingerprint density at radius 2 is 2.06 bits per heavy atom. The molecular weight excluding hydrogens is 208 g/mol. The lowest BCUT2D eigenvalue weighted by Crippen LogP contribution is -2.44. The zero-order valence-electron chi connectivity index (χ0n) is 11.8. The van der Waals surface area contributed by atoms with E-state index in [4.69, 9.17) is 0 Å². The maximum Gasteiger partial charge on any atom is 0.0195 e. The molecule has 2 fully saturated rings. The third-order valence-electron chi connectivity index (χ3n) is 4.44. The van der Waals surface area contributed by atoms with Gasteiger partial charge < -0.3 is 5.32 Å². The summed E-state index contributed by atoms with van der Waals surface area (Å²) in [6.45, 7) is 7.24. The number of hydrogen-bond donors (Lipinski definition) is 1. The second kappa shape index (κ2) is 6.75. The van der Waals surface area contributed by atoms with Crippen molar-refractivity contribution in [2.45, 2.75) is 83.3 Å². The van der Waals surface area contributed by atoms with Gasteiger partial charge in [-0.25, -0.2) is 0 Å². The summed E-state index contributed by atoms with van der Waals surface area (Å²) in [5.41, 5.74) is 0. The van der Waals surface area contributed by atoms with Crippen LogP contribution in [0.15, 0.2) is 0 Å². The van der Waals surface area contributed by atoms with E-state index < -0.39 is 0 Å². The fourth-order valence-electron chi connectivity index (χ4n) is 3.21. The summed E-state index contributed by atoms with van der Waals surface area (Å²) in [5.74, 6) is 0. The highest BCUT2D eigenvalue weighted by atomic mass is 15.2. The first kappa shape index (κ1) is 13.4. The van der Waals surface area contributed by atoms with Crippen molar-refractivity contribution in [1.29, 1.82) is 0 Å². The van der Waals surface area contributed by atoms with Crippen LogP contribution in [0.4, 0.5) is 0 Å². The van der Waals surface area contributed by atoms with Gasteiger partial charge in [-0.3, -0.25) is 4.90 Å². The van der Waals surface area contributed by atoms with Crippen LogP contribution in [0.25, 0.3) is 0 Å². The molecular formula is C15H30N2. The molecule has 2 aliphatic rings. The Bertz CT molecular complexity index is 207. The summed E-state index contributed by atoms with van der Waals surface area (Å²) in [6.07, 6.45) is 11.2. The van der Waals surface area contributed by atoms with Crippen LogP contribution in [0.5, 0.6) is 0 Å². The van der Waals surface area contributed by atoms with Gasteiger partial charge >= 0.3 is 0 Å². The molecule has 2 unspecified atom stereocenters. The Balaban J connectivity index is 1.84. The van der Waals surface area contributed by atoms with Crippen molar-refractivity contribution < 1.29 is 0 Å². The Morgan fingerprint density at radius 1 is 1.24 bits per heavy atom. The summed E-state index contributed by atoms with van der Waals surface area (Å²) in [6, 6.07) is 2.57. The van der Waals surface area contributed by atoms with Gasteiger partial charge in [0.1, 0.15) is 0 Å². The Hall–Kier alpha value is -0.0800. The maximum atomic E-state index is 3.66. The monoisotopic (exact) mass is 238 g/mol. The van der Waals surface area contributed by atoms with E-state index in [1.807, 2.05) is 0 Å². The molecule has 2 heteroatoms. The number of rotatable bonds is 8. The van der Waals surface area contributed by atoms with E-state index in [2.05, 4.69) is 24.1 Å². The SMILES string of the molecule is CCCCC(CC)N(CC1CCCN1)C1CC1. The van der Waals surface area contributed by atoms with E-state index in [0.717, 1.165) is 18.1 Å². The van der Waals surface area contributed by atoms with Gasteiger partial charge in [0.25, 0.3) is 0 Å². The minimum Gasteiger partial charge on any atom is -0.313 e. The van der Waals surface area contributed by atoms with Crippen LogP contribution in [0, 0.1) is 0 Å². The fraction of sp³-hybridized carbons (Fsp3) is 1.00. The van der Waals surface area contributed by atoms with Crippen molar-refractivity contribution in [3.63, 3.8) is 0 Å². The van der Waals surface area contributed by atoms with E-state index in [-0.39, 0.29) is 0 Å². The molecule has 0 aromatic heterocycles. The lowest BCUT2D eigenvalue weighted by molar-refractivity contribution is 0.155. The quantitative estimate of drug-likeness (QED) is 0.699. The van der Waals surface area contributed by atoms with Crippen molar-refractivity contribution in [3.8, 4) is 0 Å². The summed E-state index contributed by atoms with van der Waals surface area (Å²) < 4.78 is 0. The Labute approximate surface area is 107 Å². The smallest absolute Gasteiger partial charge is 0.0195 e. The highest BCUT2D eigenvalue weighted by molar-refractivity contribution is 4.91. The normalized spacial score (nSPS) is 26.6. The summed E-state index contributed by atoms with van der Waals surface area (Å²) in [7, 11) is 0.